The highest BCUT2D eigenvalue weighted by Gasteiger charge is 2.04. The van der Waals surface area contributed by atoms with Crippen LogP contribution in [0.3, 0.4) is 0 Å². The highest BCUT2D eigenvalue weighted by atomic mass is 127. The molecule has 25 heavy (non-hydrogen) atoms. The second-order valence-electron chi connectivity index (χ2n) is 6.15. The normalized spacial score (nSPS) is 12.6. The molecule has 144 valence electrons. The average Bonchev–Trinajstić information content (AvgIpc) is 2.60. The van der Waals surface area contributed by atoms with E-state index in [9.17, 15) is 0 Å². The van der Waals surface area contributed by atoms with Crippen LogP contribution < -0.4 is 10.6 Å². The maximum Gasteiger partial charge on any atom is 0.191 e. The van der Waals surface area contributed by atoms with Crippen molar-refractivity contribution in [1.82, 2.24) is 15.5 Å². The molecule has 1 atom stereocenters. The lowest BCUT2D eigenvalue weighted by molar-refractivity contribution is 0.0945. The summed E-state index contributed by atoms with van der Waals surface area (Å²) in [7, 11) is 2.12. The standard InChI is InChI=1S/C19H34N4O.HI/c1-5-20-19(21-12-13-23(4)6-2)22-14-17(3)15-24-16-18-10-8-7-9-11-18;/h7-11,17H,5-6,12-16H2,1-4H3,(H2,20,21,22);1H. The van der Waals surface area contributed by atoms with Crippen LogP contribution in [0.1, 0.15) is 26.3 Å². The van der Waals surface area contributed by atoms with Crippen molar-refractivity contribution in [2.24, 2.45) is 10.9 Å². The smallest absolute Gasteiger partial charge is 0.191 e. The van der Waals surface area contributed by atoms with Gasteiger partial charge in [0, 0.05) is 26.2 Å². The van der Waals surface area contributed by atoms with Gasteiger partial charge in [0.1, 0.15) is 0 Å². The van der Waals surface area contributed by atoms with E-state index in [2.05, 4.69) is 60.5 Å². The van der Waals surface area contributed by atoms with Crippen LogP contribution in [0.15, 0.2) is 35.3 Å². The molecule has 0 aliphatic rings. The molecular formula is C19H35IN4O. The fourth-order valence-corrected chi connectivity index (χ4v) is 2.12. The van der Waals surface area contributed by atoms with Crippen LogP contribution in [-0.2, 0) is 11.3 Å². The first-order valence-electron chi connectivity index (χ1n) is 8.98. The molecule has 0 fully saturated rings. The summed E-state index contributed by atoms with van der Waals surface area (Å²) >= 11 is 0. The van der Waals surface area contributed by atoms with Gasteiger partial charge in [-0.2, -0.15) is 0 Å². The first kappa shape index (κ1) is 24.1. The molecule has 0 aliphatic heterocycles. The minimum atomic E-state index is 0. The predicted molar refractivity (Wildman–Crippen MR) is 118 cm³/mol. The van der Waals surface area contributed by atoms with Crippen LogP contribution >= 0.6 is 24.0 Å². The predicted octanol–water partition coefficient (Wildman–Crippen LogP) is 2.96. The van der Waals surface area contributed by atoms with Crippen LogP contribution in [-0.4, -0.2) is 57.2 Å². The molecule has 0 heterocycles. The number of nitrogens with zero attached hydrogens (tertiary/aromatic N) is 2. The maximum atomic E-state index is 5.78. The van der Waals surface area contributed by atoms with Crippen molar-refractivity contribution in [2.75, 3.05) is 46.4 Å². The molecule has 0 saturated carbocycles. The summed E-state index contributed by atoms with van der Waals surface area (Å²) in [6.07, 6.45) is 0. The molecular weight excluding hydrogens is 427 g/mol. The number of rotatable bonds is 11. The van der Waals surface area contributed by atoms with Crippen molar-refractivity contribution in [3.05, 3.63) is 35.9 Å². The van der Waals surface area contributed by atoms with Crippen molar-refractivity contribution in [1.29, 1.82) is 0 Å². The quantitative estimate of drug-likeness (QED) is 0.302. The van der Waals surface area contributed by atoms with E-state index in [1.54, 1.807) is 0 Å². The van der Waals surface area contributed by atoms with Gasteiger partial charge in [0.05, 0.1) is 13.2 Å². The fourth-order valence-electron chi connectivity index (χ4n) is 2.12. The summed E-state index contributed by atoms with van der Waals surface area (Å²) in [5.41, 5.74) is 1.21. The van der Waals surface area contributed by atoms with Gasteiger partial charge in [0.2, 0.25) is 0 Å². The summed E-state index contributed by atoms with van der Waals surface area (Å²) < 4.78 is 5.78. The molecule has 0 saturated heterocycles. The molecule has 6 heteroatoms. The van der Waals surface area contributed by atoms with Gasteiger partial charge in [-0.1, -0.05) is 44.2 Å². The Labute approximate surface area is 170 Å². The monoisotopic (exact) mass is 462 g/mol. The Morgan fingerprint density at radius 1 is 1.20 bits per heavy atom. The Balaban J connectivity index is 0.00000576. The van der Waals surface area contributed by atoms with E-state index in [0.717, 1.165) is 45.3 Å². The number of guanidine groups is 1. The summed E-state index contributed by atoms with van der Waals surface area (Å²) in [5.74, 6) is 1.28. The van der Waals surface area contributed by atoms with E-state index in [0.29, 0.717) is 12.5 Å². The van der Waals surface area contributed by atoms with Crippen LogP contribution in [0.4, 0.5) is 0 Å². The Morgan fingerprint density at radius 3 is 2.56 bits per heavy atom. The number of aliphatic imine (C=N–C) groups is 1. The second-order valence-corrected chi connectivity index (χ2v) is 6.15. The molecule has 5 nitrogen and oxygen atoms in total. The summed E-state index contributed by atoms with van der Waals surface area (Å²) in [4.78, 5) is 6.93. The van der Waals surface area contributed by atoms with Crippen LogP contribution in [0, 0.1) is 5.92 Å². The van der Waals surface area contributed by atoms with E-state index < -0.39 is 0 Å². The van der Waals surface area contributed by atoms with E-state index in [4.69, 9.17) is 4.74 Å². The van der Waals surface area contributed by atoms with E-state index in [-0.39, 0.29) is 24.0 Å². The van der Waals surface area contributed by atoms with Gasteiger partial charge in [-0.25, -0.2) is 0 Å². The molecule has 0 bridgehead atoms. The summed E-state index contributed by atoms with van der Waals surface area (Å²) in [6.45, 7) is 12.4. The SMILES string of the molecule is CCNC(=NCC(C)COCc1ccccc1)NCCN(C)CC.I. The van der Waals surface area contributed by atoms with Crippen molar-refractivity contribution < 1.29 is 4.74 Å². The lowest BCUT2D eigenvalue weighted by atomic mass is 10.2. The van der Waals surface area contributed by atoms with Crippen molar-refractivity contribution in [3.63, 3.8) is 0 Å². The number of hydrogen-bond acceptors (Lipinski definition) is 3. The van der Waals surface area contributed by atoms with Crippen molar-refractivity contribution in [3.8, 4) is 0 Å². The molecule has 0 amide bonds. The zero-order valence-corrected chi connectivity index (χ0v) is 18.5. The molecule has 0 radical (unpaired) electrons. The van der Waals surface area contributed by atoms with E-state index in [1.807, 2.05) is 18.2 Å². The second kappa shape index (κ2) is 15.4. The van der Waals surface area contributed by atoms with Crippen molar-refractivity contribution >= 4 is 29.9 Å². The molecule has 0 aliphatic carbocycles. The van der Waals surface area contributed by atoms with Gasteiger partial charge < -0.3 is 20.3 Å². The minimum absolute atomic E-state index is 0. The first-order valence-corrected chi connectivity index (χ1v) is 8.98. The Hall–Kier alpha value is -0.860. The zero-order valence-electron chi connectivity index (χ0n) is 16.1. The minimum Gasteiger partial charge on any atom is -0.376 e. The third-order valence-corrected chi connectivity index (χ3v) is 3.75. The number of benzene rings is 1. The maximum absolute atomic E-state index is 5.78. The van der Waals surface area contributed by atoms with Crippen LogP contribution in [0.2, 0.25) is 0 Å². The number of hydrogen-bond donors (Lipinski definition) is 2. The van der Waals surface area contributed by atoms with E-state index in [1.165, 1.54) is 5.56 Å². The topological polar surface area (TPSA) is 48.9 Å². The largest absolute Gasteiger partial charge is 0.376 e. The highest BCUT2D eigenvalue weighted by Crippen LogP contribution is 2.03. The number of halogens is 1. The Morgan fingerprint density at radius 2 is 1.92 bits per heavy atom. The third kappa shape index (κ3) is 12.2. The number of likely N-dealkylation sites (N-methyl/N-ethyl adjacent to an activating group) is 1. The average molecular weight is 462 g/mol. The van der Waals surface area contributed by atoms with Gasteiger partial charge in [0.25, 0.3) is 0 Å². The van der Waals surface area contributed by atoms with Gasteiger partial charge >= 0.3 is 0 Å². The molecule has 1 rings (SSSR count). The first-order chi connectivity index (χ1) is 11.7. The lowest BCUT2D eigenvalue weighted by Gasteiger charge is -2.17. The number of nitrogens with one attached hydrogen (secondary N) is 2. The van der Waals surface area contributed by atoms with Crippen LogP contribution in [0.25, 0.3) is 0 Å². The molecule has 1 aromatic carbocycles. The molecule has 2 N–H and O–H groups in total. The van der Waals surface area contributed by atoms with Gasteiger partial charge in [-0.05, 0) is 32.0 Å². The fraction of sp³-hybridized carbons (Fsp3) is 0.632. The highest BCUT2D eigenvalue weighted by molar-refractivity contribution is 14.0. The van der Waals surface area contributed by atoms with Gasteiger partial charge in [-0.3, -0.25) is 4.99 Å². The Bertz CT molecular complexity index is 456. The zero-order chi connectivity index (χ0) is 17.6. The lowest BCUT2D eigenvalue weighted by Crippen LogP contribution is -2.41. The molecule has 0 spiro atoms. The molecule has 1 unspecified atom stereocenters. The molecule has 0 aromatic heterocycles. The Kier molecular flexibility index (Phi) is 14.9. The van der Waals surface area contributed by atoms with Gasteiger partial charge in [0.15, 0.2) is 5.96 Å². The van der Waals surface area contributed by atoms with Gasteiger partial charge in [-0.15, -0.1) is 24.0 Å². The third-order valence-electron chi connectivity index (χ3n) is 3.75. The van der Waals surface area contributed by atoms with Crippen LogP contribution in [0.5, 0.6) is 0 Å². The van der Waals surface area contributed by atoms with E-state index >= 15 is 0 Å². The summed E-state index contributed by atoms with van der Waals surface area (Å²) in [5, 5.41) is 6.67. The number of ether oxygens (including phenoxy) is 1. The molecule has 1 aromatic rings. The summed E-state index contributed by atoms with van der Waals surface area (Å²) in [6, 6.07) is 10.3. The van der Waals surface area contributed by atoms with Crippen molar-refractivity contribution in [2.45, 2.75) is 27.4 Å².